The normalized spacial score (nSPS) is 11.5. The van der Waals surface area contributed by atoms with Gasteiger partial charge in [-0.25, -0.2) is 8.42 Å². The third-order valence-corrected chi connectivity index (χ3v) is 4.70. The van der Waals surface area contributed by atoms with Crippen LogP contribution in [0.25, 0.3) is 0 Å². The van der Waals surface area contributed by atoms with Gasteiger partial charge in [0.1, 0.15) is 0 Å². The topological polar surface area (TPSA) is 64.0 Å². The largest absolute Gasteiger partial charge is 0.271 e. The highest BCUT2D eigenvalue weighted by atomic mass is 32.2. The summed E-state index contributed by atoms with van der Waals surface area (Å²) in [5.74, 6) is 1.12. The van der Waals surface area contributed by atoms with Crippen LogP contribution in [0.5, 0.6) is 0 Å². The summed E-state index contributed by atoms with van der Waals surface area (Å²) in [6.45, 7) is 2.64. The lowest BCUT2D eigenvalue weighted by Crippen LogP contribution is -2.14. The van der Waals surface area contributed by atoms with E-state index in [-0.39, 0.29) is 4.90 Å². The molecule has 1 N–H and O–H groups in total. The number of aryl methyl sites for hydroxylation is 1. The van der Waals surface area contributed by atoms with Crippen molar-refractivity contribution in [2.75, 3.05) is 11.0 Å². The Morgan fingerprint density at radius 1 is 1.35 bits per heavy atom. The molecule has 1 heterocycles. The number of sulfonamides is 1. The third kappa shape index (κ3) is 3.55. The van der Waals surface area contributed by atoms with E-state index in [4.69, 9.17) is 0 Å². The van der Waals surface area contributed by atoms with Crippen LogP contribution in [0, 0.1) is 0 Å². The molecule has 5 nitrogen and oxygen atoms in total. The number of thioether (sulfide) groups is 1. The van der Waals surface area contributed by atoms with E-state index in [2.05, 4.69) is 9.82 Å². The zero-order valence-electron chi connectivity index (χ0n) is 11.4. The van der Waals surface area contributed by atoms with E-state index in [1.54, 1.807) is 46.9 Å². The lowest BCUT2D eigenvalue weighted by atomic mass is 10.2. The van der Waals surface area contributed by atoms with Crippen LogP contribution in [0.15, 0.2) is 41.4 Å². The highest BCUT2D eigenvalue weighted by Gasteiger charge is 2.15. The first-order chi connectivity index (χ1) is 9.55. The van der Waals surface area contributed by atoms with Gasteiger partial charge in [-0.3, -0.25) is 9.40 Å². The number of nitrogens with zero attached hydrogens (tertiary/aromatic N) is 2. The van der Waals surface area contributed by atoms with Gasteiger partial charge in [-0.1, -0.05) is 12.1 Å². The molecule has 2 rings (SSSR count). The Bertz CT molecular complexity index is 680. The van der Waals surface area contributed by atoms with Crippen molar-refractivity contribution in [1.82, 2.24) is 9.78 Å². The van der Waals surface area contributed by atoms with E-state index in [0.717, 1.165) is 11.3 Å². The number of nitrogens with one attached hydrogen (secondary N) is 1. The van der Waals surface area contributed by atoms with Crippen LogP contribution in [0.2, 0.25) is 0 Å². The minimum Gasteiger partial charge on any atom is -0.271 e. The van der Waals surface area contributed by atoms with Crippen molar-refractivity contribution in [2.24, 2.45) is 0 Å². The molecule has 0 amide bonds. The number of hydrogen-bond acceptors (Lipinski definition) is 4. The first-order valence-electron chi connectivity index (χ1n) is 6.19. The monoisotopic (exact) mass is 311 g/mol. The number of aromatic nitrogens is 2. The van der Waals surface area contributed by atoms with Gasteiger partial charge < -0.3 is 0 Å². The Morgan fingerprint density at radius 3 is 2.80 bits per heavy atom. The summed E-state index contributed by atoms with van der Waals surface area (Å²) in [5.41, 5.74) is 0.986. The van der Waals surface area contributed by atoms with E-state index in [0.29, 0.717) is 12.4 Å². The molecule has 0 aliphatic rings. The van der Waals surface area contributed by atoms with Gasteiger partial charge in [-0.05, 0) is 30.9 Å². The van der Waals surface area contributed by atoms with E-state index in [1.165, 1.54) is 0 Å². The minimum atomic E-state index is -3.58. The van der Waals surface area contributed by atoms with Crippen LogP contribution in [-0.4, -0.2) is 24.5 Å². The number of benzene rings is 1. The number of anilines is 1. The Balaban J connectivity index is 2.23. The molecule has 108 valence electrons. The number of hydrogen-bond donors (Lipinski definition) is 1. The standard InChI is InChI=1S/C13H17N3O2S2/c1-3-16-8-7-13(14-16)15-20(17,18)12-6-4-5-11(9-12)10-19-2/h4-9H,3,10H2,1-2H3,(H,14,15). The summed E-state index contributed by atoms with van der Waals surface area (Å²) >= 11 is 1.65. The molecule has 0 unspecified atom stereocenters. The van der Waals surface area contributed by atoms with Gasteiger partial charge in [-0.2, -0.15) is 16.9 Å². The van der Waals surface area contributed by atoms with Crippen molar-refractivity contribution in [2.45, 2.75) is 24.1 Å². The molecule has 0 bridgehead atoms. The summed E-state index contributed by atoms with van der Waals surface area (Å²) in [5, 5.41) is 4.12. The Hall–Kier alpha value is -1.47. The molecule has 0 aliphatic carbocycles. The summed E-state index contributed by atoms with van der Waals surface area (Å²) in [6, 6.07) is 8.59. The maximum Gasteiger partial charge on any atom is 0.263 e. The maximum atomic E-state index is 12.3. The van der Waals surface area contributed by atoms with Crippen LogP contribution in [-0.2, 0) is 22.3 Å². The fraction of sp³-hybridized carbons (Fsp3) is 0.308. The average molecular weight is 311 g/mol. The molecule has 0 fully saturated rings. The van der Waals surface area contributed by atoms with Gasteiger partial charge in [0.05, 0.1) is 4.90 Å². The molecule has 0 atom stereocenters. The molecule has 0 spiro atoms. The molecule has 1 aromatic heterocycles. The lowest BCUT2D eigenvalue weighted by molar-refractivity contribution is 0.600. The molecule has 0 saturated carbocycles. The van der Waals surface area contributed by atoms with Gasteiger partial charge in [-0.15, -0.1) is 0 Å². The second-order valence-electron chi connectivity index (χ2n) is 4.24. The fourth-order valence-corrected chi connectivity index (χ4v) is 3.34. The molecule has 0 saturated heterocycles. The highest BCUT2D eigenvalue weighted by molar-refractivity contribution is 7.97. The summed E-state index contributed by atoms with van der Waals surface area (Å²) in [4.78, 5) is 0.259. The zero-order valence-corrected chi connectivity index (χ0v) is 13.0. The smallest absolute Gasteiger partial charge is 0.263 e. The van der Waals surface area contributed by atoms with E-state index < -0.39 is 10.0 Å². The minimum absolute atomic E-state index is 0.259. The van der Waals surface area contributed by atoms with Crippen LogP contribution < -0.4 is 4.72 Å². The molecular weight excluding hydrogens is 294 g/mol. The van der Waals surface area contributed by atoms with Gasteiger partial charge in [0, 0.05) is 24.6 Å². The summed E-state index contributed by atoms with van der Waals surface area (Å²) in [6.07, 6.45) is 3.72. The van der Waals surface area contributed by atoms with Crippen molar-refractivity contribution < 1.29 is 8.42 Å². The van der Waals surface area contributed by atoms with Crippen LogP contribution in [0.3, 0.4) is 0 Å². The molecule has 7 heteroatoms. The number of rotatable bonds is 6. The molecule has 1 aromatic carbocycles. The molecule has 2 aromatic rings. The van der Waals surface area contributed by atoms with Gasteiger partial charge in [0.15, 0.2) is 5.82 Å². The highest BCUT2D eigenvalue weighted by Crippen LogP contribution is 2.18. The quantitative estimate of drug-likeness (QED) is 0.890. The molecular formula is C13H17N3O2S2. The van der Waals surface area contributed by atoms with Crippen molar-refractivity contribution in [3.05, 3.63) is 42.1 Å². The van der Waals surface area contributed by atoms with Crippen LogP contribution in [0.4, 0.5) is 5.82 Å². The fourth-order valence-electron chi connectivity index (χ4n) is 1.76. The van der Waals surface area contributed by atoms with Crippen molar-refractivity contribution >= 4 is 27.6 Å². The maximum absolute atomic E-state index is 12.3. The van der Waals surface area contributed by atoms with Gasteiger partial charge in [0.25, 0.3) is 10.0 Å². The van der Waals surface area contributed by atoms with Gasteiger partial charge in [0.2, 0.25) is 0 Å². The Labute approximate surface area is 123 Å². The molecule has 0 aliphatic heterocycles. The van der Waals surface area contributed by atoms with Crippen molar-refractivity contribution in [3.63, 3.8) is 0 Å². The Kier molecular flexibility index (Phi) is 4.72. The van der Waals surface area contributed by atoms with E-state index >= 15 is 0 Å². The first kappa shape index (κ1) is 14.9. The van der Waals surface area contributed by atoms with E-state index in [1.807, 2.05) is 19.2 Å². The SMILES string of the molecule is CCn1ccc(NS(=O)(=O)c2cccc(CSC)c2)n1. The van der Waals surface area contributed by atoms with Crippen LogP contribution in [0.1, 0.15) is 12.5 Å². The third-order valence-electron chi connectivity index (χ3n) is 2.72. The zero-order chi connectivity index (χ0) is 14.6. The van der Waals surface area contributed by atoms with Crippen LogP contribution >= 0.6 is 11.8 Å². The van der Waals surface area contributed by atoms with Gasteiger partial charge >= 0.3 is 0 Å². The van der Waals surface area contributed by atoms with Crippen molar-refractivity contribution in [1.29, 1.82) is 0 Å². The predicted molar refractivity (Wildman–Crippen MR) is 82.4 cm³/mol. The second kappa shape index (κ2) is 6.32. The second-order valence-corrected chi connectivity index (χ2v) is 6.79. The summed E-state index contributed by atoms with van der Waals surface area (Å²) < 4.78 is 28.7. The predicted octanol–water partition coefficient (Wildman–Crippen LogP) is 2.57. The van der Waals surface area contributed by atoms with Crippen molar-refractivity contribution in [3.8, 4) is 0 Å². The lowest BCUT2D eigenvalue weighted by Gasteiger charge is -2.07. The first-order valence-corrected chi connectivity index (χ1v) is 9.07. The Morgan fingerprint density at radius 2 is 2.15 bits per heavy atom. The summed E-state index contributed by atoms with van der Waals surface area (Å²) in [7, 11) is -3.58. The van der Waals surface area contributed by atoms with E-state index in [9.17, 15) is 8.42 Å². The average Bonchev–Trinajstić information content (AvgIpc) is 2.86. The molecule has 20 heavy (non-hydrogen) atoms. The molecule has 0 radical (unpaired) electrons.